The van der Waals surface area contributed by atoms with E-state index >= 15 is 0 Å². The van der Waals surface area contributed by atoms with E-state index in [1.54, 1.807) is 0 Å². The molecule has 1 N–H and O–H groups in total. The number of halogens is 3. The maximum Gasteiger partial charge on any atom is 0.455 e. The Morgan fingerprint density at radius 3 is 2.67 bits per heavy atom. The van der Waals surface area contributed by atoms with Gasteiger partial charge in [0.25, 0.3) is 5.82 Å². The molecule has 1 aromatic heterocycles. The van der Waals surface area contributed by atoms with Crippen molar-refractivity contribution in [1.82, 2.24) is 15.5 Å². The van der Waals surface area contributed by atoms with E-state index in [1.807, 2.05) is 0 Å². The van der Waals surface area contributed by atoms with Gasteiger partial charge in [0.2, 0.25) is 5.89 Å². The maximum absolute atomic E-state index is 12.2. The average Bonchev–Trinajstić information content (AvgIpc) is 2.67. The van der Waals surface area contributed by atoms with Gasteiger partial charge >= 0.3 is 6.18 Å². The van der Waals surface area contributed by atoms with Crippen LogP contribution in [0.4, 0.5) is 13.2 Å². The molecule has 0 saturated carbocycles. The fourth-order valence-electron chi connectivity index (χ4n) is 1.55. The van der Waals surface area contributed by atoms with Gasteiger partial charge < -0.3 is 9.84 Å². The monoisotopic (exact) mass is 221 g/mol. The van der Waals surface area contributed by atoms with Crippen molar-refractivity contribution < 1.29 is 17.7 Å². The first-order valence-electron chi connectivity index (χ1n) is 4.71. The third kappa shape index (κ3) is 2.28. The number of nitrogens with one attached hydrogen (secondary N) is 1. The van der Waals surface area contributed by atoms with Crippen molar-refractivity contribution in [1.29, 1.82) is 0 Å². The zero-order chi connectivity index (χ0) is 10.9. The van der Waals surface area contributed by atoms with Crippen LogP contribution in [0, 0.1) is 0 Å². The van der Waals surface area contributed by atoms with Crippen LogP contribution in [0.15, 0.2) is 4.52 Å². The molecule has 84 valence electrons. The highest BCUT2D eigenvalue weighted by atomic mass is 19.4. The van der Waals surface area contributed by atoms with Gasteiger partial charge in [0.1, 0.15) is 0 Å². The number of nitrogens with zero attached hydrogens (tertiary/aromatic N) is 2. The second-order valence-corrected chi connectivity index (χ2v) is 3.46. The summed E-state index contributed by atoms with van der Waals surface area (Å²) in [5.41, 5.74) is 0. The van der Waals surface area contributed by atoms with Crippen molar-refractivity contribution in [2.24, 2.45) is 0 Å². The molecule has 0 radical (unpaired) electrons. The first kappa shape index (κ1) is 10.4. The summed E-state index contributed by atoms with van der Waals surface area (Å²) < 4.78 is 41.1. The lowest BCUT2D eigenvalue weighted by Crippen LogP contribution is -2.27. The first-order valence-corrected chi connectivity index (χ1v) is 4.71. The molecule has 1 fully saturated rings. The molecule has 1 atom stereocenters. The maximum atomic E-state index is 12.2. The summed E-state index contributed by atoms with van der Waals surface area (Å²) in [4.78, 5) is 3.34. The van der Waals surface area contributed by atoms with Crippen LogP contribution in [0.3, 0.4) is 0 Å². The largest absolute Gasteiger partial charge is 0.455 e. The lowest BCUT2D eigenvalue weighted by atomic mass is 10.1. The Kier molecular flexibility index (Phi) is 2.64. The highest BCUT2D eigenvalue weighted by Crippen LogP contribution is 2.28. The van der Waals surface area contributed by atoms with Crippen LogP contribution in [-0.2, 0) is 6.18 Å². The molecule has 1 aliphatic heterocycles. The van der Waals surface area contributed by atoms with E-state index in [0.717, 1.165) is 25.8 Å². The van der Waals surface area contributed by atoms with E-state index < -0.39 is 12.0 Å². The molecule has 0 aromatic carbocycles. The van der Waals surface area contributed by atoms with Crippen LogP contribution in [0.1, 0.15) is 37.0 Å². The van der Waals surface area contributed by atoms with Gasteiger partial charge in [0.05, 0.1) is 6.04 Å². The number of piperidine rings is 1. The molecule has 7 heteroatoms. The van der Waals surface area contributed by atoms with E-state index in [2.05, 4.69) is 20.0 Å². The van der Waals surface area contributed by atoms with Gasteiger partial charge in [-0.2, -0.15) is 18.2 Å². The Bertz CT molecular complexity index is 330. The van der Waals surface area contributed by atoms with Crippen molar-refractivity contribution in [3.05, 3.63) is 11.7 Å². The average molecular weight is 221 g/mol. The van der Waals surface area contributed by atoms with Gasteiger partial charge in [-0.05, 0) is 19.4 Å². The van der Waals surface area contributed by atoms with E-state index in [-0.39, 0.29) is 11.9 Å². The van der Waals surface area contributed by atoms with Gasteiger partial charge in [0.15, 0.2) is 0 Å². The zero-order valence-corrected chi connectivity index (χ0v) is 7.84. The van der Waals surface area contributed by atoms with Gasteiger partial charge in [-0.3, -0.25) is 0 Å². The van der Waals surface area contributed by atoms with E-state index in [0.29, 0.717) is 0 Å². The number of hydrogen-bond donors (Lipinski definition) is 1. The summed E-state index contributed by atoms with van der Waals surface area (Å²) in [7, 11) is 0. The topological polar surface area (TPSA) is 51.0 Å². The molecule has 0 unspecified atom stereocenters. The quantitative estimate of drug-likeness (QED) is 0.786. The van der Waals surface area contributed by atoms with Crippen LogP contribution in [0.25, 0.3) is 0 Å². The number of aromatic nitrogens is 2. The molecule has 1 aromatic rings. The van der Waals surface area contributed by atoms with Crippen molar-refractivity contribution in [3.63, 3.8) is 0 Å². The Labute approximate surface area is 83.8 Å². The van der Waals surface area contributed by atoms with Gasteiger partial charge in [0, 0.05) is 0 Å². The van der Waals surface area contributed by atoms with E-state index in [9.17, 15) is 13.2 Å². The standard InChI is InChI=1S/C8H10F3N3O/c9-8(10,11)7-13-6(15-14-7)5-3-1-2-4-12-5/h5,12H,1-4H2/t5-/m0/s1. The predicted molar refractivity (Wildman–Crippen MR) is 43.9 cm³/mol. The molecule has 0 amide bonds. The number of alkyl halides is 3. The molecule has 1 saturated heterocycles. The van der Waals surface area contributed by atoms with E-state index in [1.165, 1.54) is 0 Å². The SMILES string of the molecule is FC(F)(F)c1noc([C@@H]2CCCCN2)n1. The van der Waals surface area contributed by atoms with Gasteiger partial charge in [-0.15, -0.1) is 0 Å². The molecule has 1 aliphatic rings. The van der Waals surface area contributed by atoms with Crippen LogP contribution in [-0.4, -0.2) is 16.7 Å². The minimum absolute atomic E-state index is 0.0297. The molecular weight excluding hydrogens is 211 g/mol. The summed E-state index contributed by atoms with van der Waals surface area (Å²) in [5.74, 6) is -1.17. The second-order valence-electron chi connectivity index (χ2n) is 3.46. The zero-order valence-electron chi connectivity index (χ0n) is 7.84. The summed E-state index contributed by atoms with van der Waals surface area (Å²) in [6.07, 6.45) is -1.81. The highest BCUT2D eigenvalue weighted by molar-refractivity contribution is 4.96. The summed E-state index contributed by atoms with van der Waals surface area (Å²) in [5, 5.41) is 5.95. The number of hydrogen-bond acceptors (Lipinski definition) is 4. The van der Waals surface area contributed by atoms with Crippen molar-refractivity contribution in [2.45, 2.75) is 31.5 Å². The third-order valence-electron chi connectivity index (χ3n) is 2.30. The fraction of sp³-hybridized carbons (Fsp3) is 0.750. The molecule has 0 aliphatic carbocycles. The normalized spacial score (nSPS) is 23.0. The van der Waals surface area contributed by atoms with Gasteiger partial charge in [-0.1, -0.05) is 11.6 Å². The molecule has 4 nitrogen and oxygen atoms in total. The Morgan fingerprint density at radius 2 is 2.13 bits per heavy atom. The molecule has 15 heavy (non-hydrogen) atoms. The predicted octanol–water partition coefficient (Wildman–Crippen LogP) is 1.90. The Hall–Kier alpha value is -1.11. The molecule has 0 spiro atoms. The third-order valence-corrected chi connectivity index (χ3v) is 2.30. The lowest BCUT2D eigenvalue weighted by Gasteiger charge is -2.19. The fourth-order valence-corrected chi connectivity index (χ4v) is 1.55. The van der Waals surface area contributed by atoms with Crippen molar-refractivity contribution in [3.8, 4) is 0 Å². The van der Waals surface area contributed by atoms with Crippen LogP contribution in [0.2, 0.25) is 0 Å². The van der Waals surface area contributed by atoms with Crippen LogP contribution in [0.5, 0.6) is 0 Å². The lowest BCUT2D eigenvalue weighted by molar-refractivity contribution is -0.146. The van der Waals surface area contributed by atoms with Crippen LogP contribution < -0.4 is 5.32 Å². The summed E-state index contributed by atoms with van der Waals surface area (Å²) >= 11 is 0. The van der Waals surface area contributed by atoms with Gasteiger partial charge in [-0.25, -0.2) is 0 Å². The Morgan fingerprint density at radius 1 is 1.33 bits per heavy atom. The second kappa shape index (κ2) is 3.80. The van der Waals surface area contributed by atoms with Crippen molar-refractivity contribution in [2.75, 3.05) is 6.54 Å². The minimum Gasteiger partial charge on any atom is -0.337 e. The summed E-state index contributed by atoms with van der Waals surface area (Å²) in [6, 6.07) is -0.234. The van der Waals surface area contributed by atoms with Crippen LogP contribution >= 0.6 is 0 Å². The summed E-state index contributed by atoms with van der Waals surface area (Å²) in [6.45, 7) is 0.772. The first-order chi connectivity index (χ1) is 7.07. The van der Waals surface area contributed by atoms with E-state index in [4.69, 9.17) is 0 Å². The minimum atomic E-state index is -4.53. The molecule has 0 bridgehead atoms. The Balaban J connectivity index is 2.12. The smallest absolute Gasteiger partial charge is 0.337 e. The molecule has 2 rings (SSSR count). The molecule has 2 heterocycles. The number of rotatable bonds is 1. The highest BCUT2D eigenvalue weighted by Gasteiger charge is 2.38. The van der Waals surface area contributed by atoms with Crippen molar-refractivity contribution >= 4 is 0 Å². The molecular formula is C8H10F3N3O.